The summed E-state index contributed by atoms with van der Waals surface area (Å²) >= 11 is 0. The number of carbonyl (C=O) groups excluding carboxylic acids is 3. The predicted octanol–water partition coefficient (Wildman–Crippen LogP) is -1.39. The van der Waals surface area contributed by atoms with Gasteiger partial charge in [-0.25, -0.2) is 9.97 Å². The minimum atomic E-state index is -1.07. The minimum Gasteiger partial charge on any atom is -0.480 e. The standard InChI is InChI=1S/C22H34N8O6/c31-19-36-18-30(14-21(33)26-4-2-8-28-10-6-24-17-28)12-11-29(15-22(34)35)13-20(32)25-3-1-7-27-9-5-23-16-27/h5-6,9-10,16-17,19H,1-4,7-8,11-15,18H2,(H,25,32)(H,26,33)(H,34,35). The van der Waals surface area contributed by atoms with Gasteiger partial charge in [-0.3, -0.25) is 29.0 Å². The van der Waals surface area contributed by atoms with E-state index in [0.29, 0.717) is 32.6 Å². The van der Waals surface area contributed by atoms with Crippen molar-refractivity contribution in [3.05, 3.63) is 37.4 Å². The Bertz CT molecular complexity index is 906. The third-order valence-corrected chi connectivity index (χ3v) is 5.10. The Morgan fingerprint density at radius 2 is 1.39 bits per heavy atom. The van der Waals surface area contributed by atoms with Gasteiger partial charge in [-0.05, 0) is 12.8 Å². The molecular formula is C22H34N8O6. The maximum absolute atomic E-state index is 12.3. The quantitative estimate of drug-likeness (QED) is 0.111. The average molecular weight is 507 g/mol. The second-order valence-electron chi connectivity index (χ2n) is 8.06. The number of hydrogen-bond acceptors (Lipinski definition) is 9. The average Bonchev–Trinajstić information content (AvgIpc) is 3.55. The van der Waals surface area contributed by atoms with Crippen molar-refractivity contribution in [1.29, 1.82) is 0 Å². The Morgan fingerprint density at radius 1 is 0.861 bits per heavy atom. The minimum absolute atomic E-state index is 0.0414. The van der Waals surface area contributed by atoms with Gasteiger partial charge >= 0.3 is 5.97 Å². The number of nitrogens with one attached hydrogen (secondary N) is 2. The molecule has 0 fully saturated rings. The van der Waals surface area contributed by atoms with Gasteiger partial charge in [-0.1, -0.05) is 0 Å². The number of hydrogen-bond donors (Lipinski definition) is 3. The highest BCUT2D eigenvalue weighted by molar-refractivity contribution is 5.79. The van der Waals surface area contributed by atoms with Crippen LogP contribution in [0.5, 0.6) is 0 Å². The van der Waals surface area contributed by atoms with Crippen molar-refractivity contribution in [1.82, 2.24) is 39.5 Å². The van der Waals surface area contributed by atoms with Gasteiger partial charge < -0.3 is 29.6 Å². The van der Waals surface area contributed by atoms with Crippen LogP contribution >= 0.6 is 0 Å². The van der Waals surface area contributed by atoms with E-state index in [4.69, 9.17) is 4.74 Å². The summed E-state index contributed by atoms with van der Waals surface area (Å²) in [5, 5.41) is 14.8. The van der Waals surface area contributed by atoms with Crippen LogP contribution in [0.25, 0.3) is 0 Å². The first-order valence-corrected chi connectivity index (χ1v) is 11.6. The predicted molar refractivity (Wildman–Crippen MR) is 127 cm³/mol. The molecule has 14 nitrogen and oxygen atoms in total. The lowest BCUT2D eigenvalue weighted by atomic mass is 10.3. The van der Waals surface area contributed by atoms with Crippen molar-refractivity contribution >= 4 is 24.3 Å². The van der Waals surface area contributed by atoms with Gasteiger partial charge in [0.25, 0.3) is 6.47 Å². The molecule has 0 saturated heterocycles. The van der Waals surface area contributed by atoms with E-state index in [1.807, 2.05) is 21.5 Å². The van der Waals surface area contributed by atoms with Gasteiger partial charge in [0.05, 0.1) is 32.3 Å². The van der Waals surface area contributed by atoms with Crippen LogP contribution in [0.4, 0.5) is 0 Å². The summed E-state index contributed by atoms with van der Waals surface area (Å²) in [4.78, 5) is 57.5. The monoisotopic (exact) mass is 506 g/mol. The fourth-order valence-corrected chi connectivity index (χ4v) is 3.35. The van der Waals surface area contributed by atoms with Gasteiger partial charge in [0.2, 0.25) is 11.8 Å². The Balaban J connectivity index is 1.73. The number of carboxylic acid groups (broad SMARTS) is 1. The van der Waals surface area contributed by atoms with E-state index in [1.54, 1.807) is 29.9 Å². The number of carboxylic acids is 1. The van der Waals surface area contributed by atoms with Crippen LogP contribution in [0.15, 0.2) is 37.4 Å². The zero-order valence-corrected chi connectivity index (χ0v) is 20.2. The van der Waals surface area contributed by atoms with E-state index in [1.165, 1.54) is 4.90 Å². The van der Waals surface area contributed by atoms with E-state index in [-0.39, 0.29) is 57.7 Å². The maximum Gasteiger partial charge on any atom is 0.317 e. The SMILES string of the molecule is O=COCN(CCN(CC(=O)O)CC(=O)NCCCn1ccnc1)CC(=O)NCCCn1ccnc1. The fraction of sp³-hybridized carbons (Fsp3) is 0.545. The number of aromatic nitrogens is 4. The molecule has 0 aliphatic heterocycles. The Morgan fingerprint density at radius 3 is 1.86 bits per heavy atom. The van der Waals surface area contributed by atoms with Crippen molar-refractivity contribution < 1.29 is 29.0 Å². The molecule has 0 unspecified atom stereocenters. The number of aliphatic carboxylic acids is 1. The number of aryl methyl sites for hydroxylation is 2. The molecule has 0 saturated carbocycles. The Kier molecular flexibility index (Phi) is 13.3. The van der Waals surface area contributed by atoms with Crippen molar-refractivity contribution in [3.8, 4) is 0 Å². The highest BCUT2D eigenvalue weighted by Gasteiger charge is 2.17. The molecule has 2 heterocycles. The summed E-state index contributed by atoms with van der Waals surface area (Å²) in [5.41, 5.74) is 0. The number of amides is 2. The Hall–Kier alpha value is -3.78. The first kappa shape index (κ1) is 28.5. The van der Waals surface area contributed by atoms with Crippen LogP contribution in [0.1, 0.15) is 12.8 Å². The molecule has 36 heavy (non-hydrogen) atoms. The summed E-state index contributed by atoms with van der Waals surface area (Å²) in [6.07, 6.45) is 11.8. The van der Waals surface area contributed by atoms with Gasteiger partial charge in [-0.2, -0.15) is 0 Å². The van der Waals surface area contributed by atoms with Crippen LogP contribution in [0, 0.1) is 0 Å². The van der Waals surface area contributed by atoms with Crippen LogP contribution in [-0.2, 0) is 37.0 Å². The molecule has 2 aromatic heterocycles. The molecule has 0 spiro atoms. The van der Waals surface area contributed by atoms with Gasteiger partial charge in [0, 0.05) is 64.1 Å². The lowest BCUT2D eigenvalue weighted by Gasteiger charge is -2.25. The van der Waals surface area contributed by atoms with Crippen LogP contribution in [-0.4, -0.2) is 111 Å². The third-order valence-electron chi connectivity index (χ3n) is 5.10. The highest BCUT2D eigenvalue weighted by Crippen LogP contribution is 1.96. The van der Waals surface area contributed by atoms with E-state index < -0.39 is 5.97 Å². The molecular weight excluding hydrogens is 472 g/mol. The lowest BCUT2D eigenvalue weighted by molar-refractivity contribution is -0.139. The van der Waals surface area contributed by atoms with E-state index >= 15 is 0 Å². The second-order valence-corrected chi connectivity index (χ2v) is 8.06. The third kappa shape index (κ3) is 12.6. The second kappa shape index (κ2) is 16.8. The molecule has 0 aliphatic rings. The number of ether oxygens (including phenoxy) is 1. The van der Waals surface area contributed by atoms with Crippen LogP contribution in [0.2, 0.25) is 0 Å². The first-order valence-electron chi connectivity index (χ1n) is 11.6. The van der Waals surface area contributed by atoms with Crippen LogP contribution < -0.4 is 10.6 Å². The first-order chi connectivity index (χ1) is 17.5. The molecule has 3 N–H and O–H groups in total. The lowest BCUT2D eigenvalue weighted by Crippen LogP contribution is -2.46. The van der Waals surface area contributed by atoms with E-state index in [9.17, 15) is 24.3 Å². The normalized spacial score (nSPS) is 10.9. The molecule has 14 heteroatoms. The molecule has 0 aliphatic carbocycles. The summed E-state index contributed by atoms with van der Waals surface area (Å²) < 4.78 is 8.60. The molecule has 0 bridgehead atoms. The zero-order valence-electron chi connectivity index (χ0n) is 20.2. The molecule has 0 atom stereocenters. The molecule has 2 aromatic rings. The topological polar surface area (TPSA) is 164 Å². The van der Waals surface area contributed by atoms with E-state index in [2.05, 4.69) is 20.6 Å². The zero-order chi connectivity index (χ0) is 26.0. The summed E-state index contributed by atoms with van der Waals surface area (Å²) in [7, 11) is 0. The number of carbonyl (C=O) groups is 4. The van der Waals surface area contributed by atoms with Gasteiger partial charge in [-0.15, -0.1) is 0 Å². The molecule has 198 valence electrons. The van der Waals surface area contributed by atoms with Crippen LogP contribution in [0.3, 0.4) is 0 Å². The summed E-state index contributed by atoms with van der Waals surface area (Å²) in [5.74, 6) is -1.63. The summed E-state index contributed by atoms with van der Waals surface area (Å²) in [6.45, 7) is 2.39. The highest BCUT2D eigenvalue weighted by atomic mass is 16.5. The number of nitrogens with zero attached hydrogens (tertiary/aromatic N) is 6. The number of rotatable bonds is 20. The van der Waals surface area contributed by atoms with Gasteiger partial charge in [0.1, 0.15) is 6.73 Å². The Labute approximate surface area is 209 Å². The smallest absolute Gasteiger partial charge is 0.317 e. The van der Waals surface area contributed by atoms with Crippen molar-refractivity contribution in [2.45, 2.75) is 25.9 Å². The van der Waals surface area contributed by atoms with Crippen molar-refractivity contribution in [3.63, 3.8) is 0 Å². The fourth-order valence-electron chi connectivity index (χ4n) is 3.35. The number of imidazole rings is 2. The largest absolute Gasteiger partial charge is 0.480 e. The maximum atomic E-state index is 12.3. The van der Waals surface area contributed by atoms with Crippen molar-refractivity contribution in [2.75, 3.05) is 52.5 Å². The van der Waals surface area contributed by atoms with Gasteiger partial charge in [0.15, 0.2) is 0 Å². The molecule has 2 amide bonds. The molecule has 0 aromatic carbocycles. The molecule has 2 rings (SSSR count). The van der Waals surface area contributed by atoms with E-state index in [0.717, 1.165) is 6.42 Å². The van der Waals surface area contributed by atoms with Crippen molar-refractivity contribution in [2.24, 2.45) is 0 Å². The molecule has 0 radical (unpaired) electrons. The summed E-state index contributed by atoms with van der Waals surface area (Å²) in [6, 6.07) is 0.